The van der Waals surface area contributed by atoms with Crippen molar-refractivity contribution >= 4 is 25.9 Å². The Kier molecular flexibility index (Phi) is 4.56. The first-order valence-electron chi connectivity index (χ1n) is 5.21. The van der Waals surface area contributed by atoms with Gasteiger partial charge in [-0.05, 0) is 25.0 Å². The van der Waals surface area contributed by atoms with Gasteiger partial charge in [-0.1, -0.05) is 18.2 Å². The van der Waals surface area contributed by atoms with Crippen LogP contribution in [-0.4, -0.2) is 37.7 Å². The van der Waals surface area contributed by atoms with Crippen LogP contribution in [0.1, 0.15) is 11.1 Å². The fraction of sp³-hybridized carbons (Fsp3) is 0.400. The van der Waals surface area contributed by atoms with E-state index >= 15 is 0 Å². The van der Waals surface area contributed by atoms with Gasteiger partial charge in [0.25, 0.3) is 20.2 Å². The lowest BCUT2D eigenvalue weighted by molar-refractivity contribution is 0.477. The fourth-order valence-electron chi connectivity index (χ4n) is 1.86. The van der Waals surface area contributed by atoms with Gasteiger partial charge < -0.3 is 4.90 Å². The summed E-state index contributed by atoms with van der Waals surface area (Å²) >= 11 is 0. The number of anilines is 1. The average Bonchev–Trinajstić information content (AvgIpc) is 2.11. The van der Waals surface area contributed by atoms with Crippen LogP contribution < -0.4 is 4.90 Å². The highest BCUT2D eigenvalue weighted by Gasteiger charge is 2.22. The molecule has 0 saturated heterocycles. The molecule has 1 aromatic rings. The lowest BCUT2D eigenvalue weighted by atomic mass is 10.1. The van der Waals surface area contributed by atoms with Crippen molar-refractivity contribution < 1.29 is 25.9 Å². The van der Waals surface area contributed by atoms with Crippen LogP contribution in [0, 0.1) is 13.8 Å². The Morgan fingerprint density at radius 1 is 0.947 bits per heavy atom. The second kappa shape index (κ2) is 5.45. The van der Waals surface area contributed by atoms with Crippen molar-refractivity contribution in [3.05, 3.63) is 29.3 Å². The Morgan fingerprint density at radius 3 is 1.63 bits per heavy atom. The van der Waals surface area contributed by atoms with E-state index in [1.54, 1.807) is 32.0 Å². The van der Waals surface area contributed by atoms with Gasteiger partial charge in [-0.3, -0.25) is 9.11 Å². The molecule has 0 bridgehead atoms. The number of benzene rings is 1. The van der Waals surface area contributed by atoms with Gasteiger partial charge in [-0.25, -0.2) is 0 Å². The first-order valence-corrected chi connectivity index (χ1v) is 8.43. The van der Waals surface area contributed by atoms with Crippen molar-refractivity contribution in [2.24, 2.45) is 0 Å². The summed E-state index contributed by atoms with van der Waals surface area (Å²) < 4.78 is 61.6. The summed E-state index contributed by atoms with van der Waals surface area (Å²) in [7, 11) is -8.85. The van der Waals surface area contributed by atoms with Crippen molar-refractivity contribution in [1.82, 2.24) is 0 Å². The molecular formula is C10H15NO6S2. The van der Waals surface area contributed by atoms with Gasteiger partial charge in [0.05, 0.1) is 0 Å². The topological polar surface area (TPSA) is 112 Å². The number of aryl methyl sites for hydroxylation is 2. The number of hydrogen-bond donors (Lipinski definition) is 2. The first kappa shape index (κ1) is 15.9. The number of rotatable bonds is 5. The second-order valence-corrected chi connectivity index (χ2v) is 7.05. The quantitative estimate of drug-likeness (QED) is 0.774. The van der Waals surface area contributed by atoms with Gasteiger partial charge >= 0.3 is 0 Å². The Balaban J connectivity index is 3.31. The molecule has 0 spiro atoms. The van der Waals surface area contributed by atoms with Crippen LogP contribution in [0.4, 0.5) is 5.69 Å². The standard InChI is InChI=1S/C10H15NO6S2/c1-8-4-3-5-9(2)10(8)11(6-18(12,13)14)7-19(15,16)17/h3-5H,6-7H2,1-2H3,(H,12,13,14)(H,15,16,17). The summed E-state index contributed by atoms with van der Waals surface area (Å²) in [4.78, 5) is 0.898. The van der Waals surface area contributed by atoms with E-state index in [1.807, 2.05) is 0 Å². The zero-order valence-corrected chi connectivity index (χ0v) is 12.1. The molecule has 0 unspecified atom stereocenters. The molecule has 0 heterocycles. The molecule has 0 amide bonds. The van der Waals surface area contributed by atoms with Crippen LogP contribution in [0.3, 0.4) is 0 Å². The van der Waals surface area contributed by atoms with Crippen molar-refractivity contribution in [2.45, 2.75) is 13.8 Å². The Morgan fingerprint density at radius 2 is 1.32 bits per heavy atom. The molecule has 9 heteroatoms. The monoisotopic (exact) mass is 309 g/mol. The lowest BCUT2D eigenvalue weighted by Gasteiger charge is -2.25. The predicted octanol–water partition coefficient (Wildman–Crippen LogP) is 0.800. The first-order chi connectivity index (χ1) is 8.49. The Hall–Kier alpha value is -1.16. The zero-order chi connectivity index (χ0) is 14.8. The third kappa shape index (κ3) is 5.15. The maximum absolute atomic E-state index is 11.0. The molecular weight excluding hydrogens is 294 g/mol. The molecule has 0 aliphatic heterocycles. The zero-order valence-electron chi connectivity index (χ0n) is 10.4. The molecule has 0 saturated carbocycles. The van der Waals surface area contributed by atoms with Crippen molar-refractivity contribution in [3.8, 4) is 0 Å². The third-order valence-corrected chi connectivity index (χ3v) is 3.67. The van der Waals surface area contributed by atoms with E-state index in [4.69, 9.17) is 9.11 Å². The minimum atomic E-state index is -4.43. The van der Waals surface area contributed by atoms with Gasteiger partial charge in [-0.2, -0.15) is 16.8 Å². The van der Waals surface area contributed by atoms with E-state index in [9.17, 15) is 16.8 Å². The smallest absolute Gasteiger partial charge is 0.283 e. The van der Waals surface area contributed by atoms with Gasteiger partial charge in [0, 0.05) is 5.69 Å². The fourth-order valence-corrected chi connectivity index (χ4v) is 3.21. The molecule has 19 heavy (non-hydrogen) atoms. The molecule has 1 aromatic carbocycles. The number of nitrogens with zero attached hydrogens (tertiary/aromatic N) is 1. The SMILES string of the molecule is Cc1cccc(C)c1N(CS(=O)(=O)O)CS(=O)(=O)O. The minimum absolute atomic E-state index is 0.345. The maximum atomic E-state index is 11.0. The van der Waals surface area contributed by atoms with Gasteiger partial charge in [-0.15, -0.1) is 0 Å². The average molecular weight is 309 g/mol. The normalized spacial score (nSPS) is 12.4. The van der Waals surface area contributed by atoms with Crippen molar-refractivity contribution in [3.63, 3.8) is 0 Å². The lowest BCUT2D eigenvalue weighted by Crippen LogP contribution is -2.35. The third-order valence-electron chi connectivity index (χ3n) is 2.39. The molecule has 0 atom stereocenters. The maximum Gasteiger partial charge on any atom is 0.283 e. The van der Waals surface area contributed by atoms with Crippen LogP contribution in [0.2, 0.25) is 0 Å². The molecule has 108 valence electrons. The van der Waals surface area contributed by atoms with Crippen LogP contribution in [0.25, 0.3) is 0 Å². The molecule has 0 aliphatic carbocycles. The Labute approximate surface area is 112 Å². The second-order valence-electron chi connectivity index (χ2n) is 4.20. The van der Waals surface area contributed by atoms with Gasteiger partial charge in [0.2, 0.25) is 0 Å². The molecule has 7 nitrogen and oxygen atoms in total. The Bertz CT molecular complexity index is 611. The molecule has 0 radical (unpaired) electrons. The minimum Gasteiger partial charge on any atom is -0.338 e. The van der Waals surface area contributed by atoms with Gasteiger partial charge in [0.15, 0.2) is 0 Å². The highest BCUT2D eigenvalue weighted by Crippen LogP contribution is 2.25. The van der Waals surface area contributed by atoms with Crippen LogP contribution in [0.5, 0.6) is 0 Å². The van der Waals surface area contributed by atoms with E-state index in [-0.39, 0.29) is 0 Å². The van der Waals surface area contributed by atoms with E-state index in [1.165, 1.54) is 0 Å². The summed E-state index contributed by atoms with van der Waals surface area (Å²) in [5.74, 6) is -1.84. The van der Waals surface area contributed by atoms with E-state index in [0.717, 1.165) is 4.90 Å². The summed E-state index contributed by atoms with van der Waals surface area (Å²) in [5, 5.41) is 0. The number of para-hydroxylation sites is 1. The van der Waals surface area contributed by atoms with E-state index < -0.39 is 32.0 Å². The summed E-state index contributed by atoms with van der Waals surface area (Å²) in [6.07, 6.45) is 0. The van der Waals surface area contributed by atoms with E-state index in [2.05, 4.69) is 0 Å². The predicted molar refractivity (Wildman–Crippen MR) is 71.2 cm³/mol. The van der Waals surface area contributed by atoms with Crippen molar-refractivity contribution in [1.29, 1.82) is 0 Å². The highest BCUT2D eigenvalue weighted by atomic mass is 32.2. The van der Waals surface area contributed by atoms with Crippen molar-refractivity contribution in [2.75, 3.05) is 16.7 Å². The van der Waals surface area contributed by atoms with Crippen LogP contribution in [0.15, 0.2) is 18.2 Å². The van der Waals surface area contributed by atoms with Gasteiger partial charge in [0.1, 0.15) is 11.8 Å². The summed E-state index contributed by atoms with van der Waals surface area (Å²) in [6, 6.07) is 5.07. The van der Waals surface area contributed by atoms with Crippen LogP contribution in [-0.2, 0) is 20.2 Å². The largest absolute Gasteiger partial charge is 0.338 e. The summed E-state index contributed by atoms with van der Waals surface area (Å²) in [6.45, 7) is 3.34. The van der Waals surface area contributed by atoms with E-state index in [0.29, 0.717) is 16.8 Å². The molecule has 1 rings (SSSR count). The molecule has 0 fully saturated rings. The molecule has 0 aliphatic rings. The van der Waals surface area contributed by atoms with Crippen LogP contribution >= 0.6 is 0 Å². The molecule has 2 N–H and O–H groups in total. The molecule has 0 aromatic heterocycles. The summed E-state index contributed by atoms with van der Waals surface area (Å²) in [5.41, 5.74) is 1.61. The highest BCUT2D eigenvalue weighted by molar-refractivity contribution is 7.86. The number of hydrogen-bond acceptors (Lipinski definition) is 5.